The fourth-order valence-corrected chi connectivity index (χ4v) is 1.82. The van der Waals surface area contributed by atoms with Gasteiger partial charge in [0.25, 0.3) is 12.1 Å². The van der Waals surface area contributed by atoms with E-state index in [-0.39, 0.29) is 9.39 Å². The van der Waals surface area contributed by atoms with Crippen LogP contribution in [-0.4, -0.2) is 15.0 Å². The maximum Gasteiger partial charge on any atom is 0.282 e. The van der Waals surface area contributed by atoms with Gasteiger partial charge in [0.1, 0.15) is 9.26 Å². The topological polar surface area (TPSA) is 76.3 Å². The number of aliphatic hydroxyl groups is 1. The number of hydrogen-bond acceptors (Lipinski definition) is 4. The first-order chi connectivity index (χ1) is 6.97. The molecule has 0 aliphatic rings. The molecule has 0 amide bonds. The van der Waals surface area contributed by atoms with Crippen molar-refractivity contribution in [2.75, 3.05) is 0 Å². The van der Waals surface area contributed by atoms with Crippen LogP contribution >= 0.6 is 22.6 Å². The molecular formula is C7H5F2IN2O3. The number of alkyl halides is 2. The van der Waals surface area contributed by atoms with Crippen LogP contribution in [0.1, 0.15) is 17.7 Å². The minimum Gasteiger partial charge on any atom is -0.390 e. The molecule has 0 saturated carbocycles. The monoisotopic (exact) mass is 330 g/mol. The van der Waals surface area contributed by atoms with Crippen LogP contribution in [0.4, 0.5) is 14.5 Å². The fourth-order valence-electron chi connectivity index (χ4n) is 0.994. The Morgan fingerprint density at radius 2 is 2.27 bits per heavy atom. The van der Waals surface area contributed by atoms with Gasteiger partial charge < -0.3 is 5.11 Å². The van der Waals surface area contributed by atoms with Crippen molar-refractivity contribution in [2.24, 2.45) is 0 Å². The number of aliphatic hydroxyl groups excluding tert-OH is 1. The largest absolute Gasteiger partial charge is 0.390 e. The summed E-state index contributed by atoms with van der Waals surface area (Å²) in [4.78, 5) is 13.2. The van der Waals surface area contributed by atoms with Gasteiger partial charge in [0.05, 0.1) is 17.2 Å². The van der Waals surface area contributed by atoms with Gasteiger partial charge in [-0.1, -0.05) is 0 Å². The third kappa shape index (κ3) is 2.56. The molecule has 0 unspecified atom stereocenters. The van der Waals surface area contributed by atoms with E-state index in [1.807, 2.05) is 0 Å². The number of nitrogens with zero attached hydrogens (tertiary/aromatic N) is 2. The van der Waals surface area contributed by atoms with Crippen molar-refractivity contribution < 1.29 is 18.8 Å². The molecule has 1 N–H and O–H groups in total. The van der Waals surface area contributed by atoms with Crippen LogP contribution in [0.5, 0.6) is 0 Å². The van der Waals surface area contributed by atoms with Gasteiger partial charge in [0, 0.05) is 6.07 Å². The van der Waals surface area contributed by atoms with Gasteiger partial charge in [-0.05, 0) is 22.6 Å². The molecule has 5 nitrogen and oxygen atoms in total. The van der Waals surface area contributed by atoms with Gasteiger partial charge in [-0.25, -0.2) is 13.8 Å². The number of nitro groups is 1. The van der Waals surface area contributed by atoms with Crippen molar-refractivity contribution in [3.8, 4) is 0 Å². The van der Waals surface area contributed by atoms with E-state index in [9.17, 15) is 18.9 Å². The maximum absolute atomic E-state index is 12.5. The Labute approximate surface area is 96.4 Å². The summed E-state index contributed by atoms with van der Waals surface area (Å²) < 4.78 is 24.8. The van der Waals surface area contributed by atoms with Gasteiger partial charge in [0.2, 0.25) is 0 Å². The molecule has 82 valence electrons. The van der Waals surface area contributed by atoms with Crippen LogP contribution in [0.25, 0.3) is 0 Å². The average Bonchev–Trinajstić information content (AvgIpc) is 2.15. The van der Waals surface area contributed by atoms with Crippen molar-refractivity contribution in [2.45, 2.75) is 13.0 Å². The van der Waals surface area contributed by atoms with Crippen LogP contribution in [-0.2, 0) is 6.61 Å². The third-order valence-corrected chi connectivity index (χ3v) is 2.44. The van der Waals surface area contributed by atoms with Crippen molar-refractivity contribution >= 4 is 28.3 Å². The van der Waals surface area contributed by atoms with E-state index in [0.717, 1.165) is 6.07 Å². The summed E-state index contributed by atoms with van der Waals surface area (Å²) in [5.41, 5.74) is -1.43. The highest BCUT2D eigenvalue weighted by Gasteiger charge is 2.26. The number of rotatable bonds is 3. The van der Waals surface area contributed by atoms with E-state index in [2.05, 4.69) is 4.98 Å². The Balaban J connectivity index is 3.42. The summed E-state index contributed by atoms with van der Waals surface area (Å²) >= 11 is 1.48. The average molecular weight is 330 g/mol. The Morgan fingerprint density at radius 1 is 1.67 bits per heavy atom. The molecule has 0 aliphatic heterocycles. The third-order valence-electron chi connectivity index (χ3n) is 1.62. The Morgan fingerprint density at radius 3 is 2.67 bits per heavy atom. The molecule has 1 aromatic heterocycles. The second-order valence-electron chi connectivity index (χ2n) is 2.55. The second kappa shape index (κ2) is 4.75. The molecule has 1 rings (SSSR count). The lowest BCUT2D eigenvalue weighted by molar-refractivity contribution is -0.386. The molecule has 1 heterocycles. The zero-order valence-electron chi connectivity index (χ0n) is 7.15. The van der Waals surface area contributed by atoms with Gasteiger partial charge in [0.15, 0.2) is 0 Å². The number of hydrogen-bond donors (Lipinski definition) is 1. The lowest BCUT2D eigenvalue weighted by Gasteiger charge is -2.05. The quantitative estimate of drug-likeness (QED) is 0.398. The van der Waals surface area contributed by atoms with Crippen LogP contribution in [0.3, 0.4) is 0 Å². The lowest BCUT2D eigenvalue weighted by atomic mass is 10.2. The van der Waals surface area contributed by atoms with Crippen molar-refractivity contribution in [3.63, 3.8) is 0 Å². The molecule has 0 radical (unpaired) electrons. The summed E-state index contributed by atoms with van der Waals surface area (Å²) in [5.74, 6) is 0. The summed E-state index contributed by atoms with van der Waals surface area (Å²) in [6.07, 6.45) is -2.96. The molecule has 0 atom stereocenters. The van der Waals surface area contributed by atoms with Crippen molar-refractivity contribution in [1.29, 1.82) is 0 Å². The molecule has 0 aromatic carbocycles. The van der Waals surface area contributed by atoms with Crippen molar-refractivity contribution in [3.05, 3.63) is 31.1 Å². The molecule has 0 spiro atoms. The highest BCUT2D eigenvalue weighted by Crippen LogP contribution is 2.32. The highest BCUT2D eigenvalue weighted by atomic mass is 127. The first kappa shape index (κ1) is 12.2. The predicted octanol–water partition coefficient (Wildman–Crippen LogP) is 2.02. The normalized spacial score (nSPS) is 10.7. The van der Waals surface area contributed by atoms with E-state index in [4.69, 9.17) is 5.11 Å². The molecule has 15 heavy (non-hydrogen) atoms. The Kier molecular flexibility index (Phi) is 3.85. The van der Waals surface area contributed by atoms with Gasteiger partial charge in [-0.15, -0.1) is 0 Å². The van der Waals surface area contributed by atoms with E-state index in [1.165, 1.54) is 22.6 Å². The van der Waals surface area contributed by atoms with Crippen LogP contribution < -0.4 is 0 Å². The molecule has 8 heteroatoms. The van der Waals surface area contributed by atoms with Crippen LogP contribution in [0.2, 0.25) is 0 Å². The first-order valence-corrected chi connectivity index (χ1v) is 4.78. The summed E-state index contributed by atoms with van der Waals surface area (Å²) in [6, 6.07) is 0.851. The van der Waals surface area contributed by atoms with E-state index < -0.39 is 29.2 Å². The number of aromatic nitrogens is 1. The Bertz CT molecular complexity index is 400. The second-order valence-corrected chi connectivity index (χ2v) is 3.57. The summed E-state index contributed by atoms with van der Waals surface area (Å²) in [7, 11) is 0. The molecule has 0 aliphatic carbocycles. The lowest BCUT2D eigenvalue weighted by Crippen LogP contribution is -2.04. The van der Waals surface area contributed by atoms with Crippen LogP contribution in [0, 0.1) is 13.8 Å². The molecule has 0 bridgehead atoms. The smallest absolute Gasteiger partial charge is 0.282 e. The predicted molar refractivity (Wildman–Crippen MR) is 54.5 cm³/mol. The highest BCUT2D eigenvalue weighted by molar-refractivity contribution is 14.1. The van der Waals surface area contributed by atoms with E-state index >= 15 is 0 Å². The number of halogens is 3. The zero-order chi connectivity index (χ0) is 11.6. The van der Waals surface area contributed by atoms with Gasteiger partial charge >= 0.3 is 0 Å². The molecule has 0 saturated heterocycles. The van der Waals surface area contributed by atoms with E-state index in [1.54, 1.807) is 0 Å². The maximum atomic E-state index is 12.5. The summed E-state index contributed by atoms with van der Waals surface area (Å²) in [6.45, 7) is -0.527. The van der Waals surface area contributed by atoms with Crippen molar-refractivity contribution in [1.82, 2.24) is 4.98 Å². The van der Waals surface area contributed by atoms with Gasteiger partial charge in [-0.2, -0.15) is 0 Å². The summed E-state index contributed by atoms with van der Waals surface area (Å²) in [5, 5.41) is 19.2. The van der Waals surface area contributed by atoms with E-state index in [0.29, 0.717) is 0 Å². The Hall–Kier alpha value is -0.900. The zero-order valence-corrected chi connectivity index (χ0v) is 9.31. The van der Waals surface area contributed by atoms with Gasteiger partial charge in [-0.3, -0.25) is 10.1 Å². The number of pyridine rings is 1. The van der Waals surface area contributed by atoms with Crippen LogP contribution in [0.15, 0.2) is 6.07 Å². The molecule has 0 fully saturated rings. The minimum atomic E-state index is -2.96. The fraction of sp³-hybridized carbons (Fsp3) is 0.286. The molecule has 1 aromatic rings. The standard InChI is InChI=1S/C7H5F2IN2O3/c8-6(9)5-4(12(14)15)1-3(2-13)11-7(5)10/h1,6,13H,2H2. The SMILES string of the molecule is O=[N+]([O-])c1cc(CO)nc(I)c1C(F)F. The first-order valence-electron chi connectivity index (χ1n) is 3.70. The molecular weight excluding hydrogens is 325 g/mol. The minimum absolute atomic E-state index is 0.00417.